The van der Waals surface area contributed by atoms with Crippen molar-refractivity contribution >= 4 is 23.5 Å². The summed E-state index contributed by atoms with van der Waals surface area (Å²) in [5.41, 5.74) is 0.960. The van der Waals surface area contributed by atoms with Crippen molar-refractivity contribution in [2.75, 3.05) is 0 Å². The average molecular weight is 357 g/mol. The molecular formula is C18H19N3O3S. The second-order valence-corrected chi connectivity index (χ2v) is 7.57. The van der Waals surface area contributed by atoms with Crippen molar-refractivity contribution in [1.82, 2.24) is 15.6 Å². The van der Waals surface area contributed by atoms with Gasteiger partial charge in [-0.2, -0.15) is 0 Å². The second kappa shape index (κ2) is 6.65. The molecule has 130 valence electrons. The van der Waals surface area contributed by atoms with E-state index in [2.05, 4.69) is 15.6 Å². The maximum absolute atomic E-state index is 12.4. The number of fused-ring (bicyclic) bond motifs is 2. The van der Waals surface area contributed by atoms with Crippen molar-refractivity contribution in [2.45, 2.75) is 54.4 Å². The third kappa shape index (κ3) is 3.48. The first-order valence-electron chi connectivity index (χ1n) is 8.40. The van der Waals surface area contributed by atoms with Gasteiger partial charge in [0.15, 0.2) is 5.78 Å². The van der Waals surface area contributed by atoms with Gasteiger partial charge in [0.1, 0.15) is 12.0 Å². The predicted octanol–water partition coefficient (Wildman–Crippen LogP) is 2.65. The number of amides is 1. The summed E-state index contributed by atoms with van der Waals surface area (Å²) in [5.74, 6) is -0.163. The first-order chi connectivity index (χ1) is 12.1. The van der Waals surface area contributed by atoms with Crippen LogP contribution in [0, 0.1) is 0 Å². The van der Waals surface area contributed by atoms with Crippen LogP contribution in [0.1, 0.15) is 47.0 Å². The smallest absolute Gasteiger partial charge is 0.261 e. The zero-order valence-corrected chi connectivity index (χ0v) is 14.6. The molecule has 0 saturated carbocycles. The Morgan fingerprint density at radius 1 is 1.28 bits per heavy atom. The van der Waals surface area contributed by atoms with E-state index in [0.717, 1.165) is 17.7 Å². The van der Waals surface area contributed by atoms with Crippen molar-refractivity contribution in [3.63, 3.8) is 0 Å². The van der Waals surface area contributed by atoms with E-state index in [1.807, 2.05) is 12.1 Å². The summed E-state index contributed by atoms with van der Waals surface area (Å²) >= 11 is 1.32. The third-order valence-electron chi connectivity index (χ3n) is 4.78. The molecule has 2 N–H and O–H groups in total. The summed E-state index contributed by atoms with van der Waals surface area (Å²) < 4.78 is 5.27. The number of benzene rings is 1. The Labute approximate surface area is 149 Å². The number of oxazole rings is 1. The molecule has 2 fully saturated rings. The van der Waals surface area contributed by atoms with Crippen LogP contribution < -0.4 is 10.6 Å². The molecule has 2 aromatic rings. The highest BCUT2D eigenvalue weighted by molar-refractivity contribution is 7.99. The summed E-state index contributed by atoms with van der Waals surface area (Å²) in [6.45, 7) is 1.45. The Hall–Kier alpha value is -2.12. The Kier molecular flexibility index (Phi) is 4.35. The highest BCUT2D eigenvalue weighted by atomic mass is 32.2. The Bertz CT molecular complexity index is 802. The molecule has 2 saturated heterocycles. The van der Waals surface area contributed by atoms with E-state index in [1.54, 1.807) is 12.1 Å². The first-order valence-corrected chi connectivity index (χ1v) is 9.21. The number of carbonyl (C=O) groups excluding carboxylic acids is 2. The molecule has 2 aliphatic heterocycles. The molecule has 0 spiro atoms. The number of hydrogen-bond acceptors (Lipinski definition) is 6. The van der Waals surface area contributed by atoms with Gasteiger partial charge in [-0.05, 0) is 55.3 Å². The quantitative estimate of drug-likeness (QED) is 0.801. The molecular weight excluding hydrogens is 338 g/mol. The number of Topliss-reactive ketones (excluding diaryl/α,β-unsaturated/α-hetero) is 1. The van der Waals surface area contributed by atoms with E-state index in [-0.39, 0.29) is 17.7 Å². The van der Waals surface area contributed by atoms with Gasteiger partial charge in [-0.1, -0.05) is 0 Å². The second-order valence-electron chi connectivity index (χ2n) is 6.54. The predicted molar refractivity (Wildman–Crippen MR) is 92.9 cm³/mol. The number of aromatic nitrogens is 1. The monoisotopic (exact) mass is 357 g/mol. The molecule has 4 rings (SSSR count). The molecule has 0 unspecified atom stereocenters. The molecule has 1 amide bonds. The minimum absolute atomic E-state index is 0.0362. The lowest BCUT2D eigenvalue weighted by Gasteiger charge is -2.21. The van der Waals surface area contributed by atoms with Crippen LogP contribution in [0.15, 0.2) is 45.1 Å². The number of carbonyl (C=O) groups is 2. The summed E-state index contributed by atoms with van der Waals surface area (Å²) in [4.78, 5) is 28.7. The van der Waals surface area contributed by atoms with Crippen molar-refractivity contribution in [3.8, 4) is 0 Å². The van der Waals surface area contributed by atoms with E-state index < -0.39 is 0 Å². The lowest BCUT2D eigenvalue weighted by atomic mass is 9.95. The summed E-state index contributed by atoms with van der Waals surface area (Å²) in [5, 5.41) is 7.07. The summed E-state index contributed by atoms with van der Waals surface area (Å²) in [6.07, 6.45) is 4.74. The van der Waals surface area contributed by atoms with Crippen LogP contribution in [0.3, 0.4) is 0 Å². The Balaban J connectivity index is 1.37. The Morgan fingerprint density at radius 3 is 2.68 bits per heavy atom. The van der Waals surface area contributed by atoms with Crippen molar-refractivity contribution in [3.05, 3.63) is 41.8 Å². The van der Waals surface area contributed by atoms with E-state index in [1.165, 1.54) is 31.4 Å². The normalized spacial score (nSPS) is 24.4. The molecule has 1 aromatic carbocycles. The molecule has 2 aliphatic rings. The van der Waals surface area contributed by atoms with E-state index in [0.29, 0.717) is 28.6 Å². The molecule has 25 heavy (non-hydrogen) atoms. The van der Waals surface area contributed by atoms with Gasteiger partial charge < -0.3 is 15.1 Å². The minimum atomic E-state index is -0.127. The van der Waals surface area contributed by atoms with Gasteiger partial charge in [0.25, 0.3) is 11.1 Å². The molecule has 7 heteroatoms. The van der Waals surface area contributed by atoms with Gasteiger partial charge >= 0.3 is 0 Å². The zero-order chi connectivity index (χ0) is 17.4. The van der Waals surface area contributed by atoms with Crippen molar-refractivity contribution in [1.29, 1.82) is 0 Å². The highest BCUT2D eigenvalue weighted by Gasteiger charge is 2.39. The molecule has 1 aromatic heterocycles. The van der Waals surface area contributed by atoms with Crippen LogP contribution >= 0.6 is 11.8 Å². The lowest BCUT2D eigenvalue weighted by Crippen LogP contribution is -2.42. The van der Waals surface area contributed by atoms with Crippen molar-refractivity contribution in [2.24, 2.45) is 0 Å². The van der Waals surface area contributed by atoms with Crippen LogP contribution in [-0.2, 0) is 0 Å². The summed E-state index contributed by atoms with van der Waals surface area (Å²) in [7, 11) is 0. The highest BCUT2D eigenvalue weighted by Crippen LogP contribution is 2.29. The first kappa shape index (κ1) is 16.4. The van der Waals surface area contributed by atoms with E-state index in [9.17, 15) is 9.59 Å². The van der Waals surface area contributed by atoms with E-state index in [4.69, 9.17) is 4.42 Å². The molecule has 3 atom stereocenters. The fraction of sp³-hybridized carbons (Fsp3) is 0.389. The average Bonchev–Trinajstić information content (AvgIpc) is 3.32. The van der Waals surface area contributed by atoms with Crippen LogP contribution in [0.5, 0.6) is 0 Å². The number of hydrogen-bond donors (Lipinski definition) is 2. The number of nitrogens with zero attached hydrogens (tertiary/aromatic N) is 1. The molecule has 6 nitrogen and oxygen atoms in total. The van der Waals surface area contributed by atoms with Crippen LogP contribution in [0.4, 0.5) is 0 Å². The zero-order valence-electron chi connectivity index (χ0n) is 13.8. The number of rotatable bonds is 5. The third-order valence-corrected chi connectivity index (χ3v) is 5.65. The maximum Gasteiger partial charge on any atom is 0.261 e. The van der Waals surface area contributed by atoms with Gasteiger partial charge in [0.05, 0.1) is 0 Å². The van der Waals surface area contributed by atoms with Gasteiger partial charge in [0.2, 0.25) is 0 Å². The van der Waals surface area contributed by atoms with Crippen LogP contribution in [-0.4, -0.2) is 34.8 Å². The largest absolute Gasteiger partial charge is 0.439 e. The van der Waals surface area contributed by atoms with Crippen LogP contribution in [0.2, 0.25) is 0 Å². The fourth-order valence-corrected chi connectivity index (χ4v) is 4.19. The lowest BCUT2D eigenvalue weighted by molar-refractivity contribution is 0.0930. The molecule has 2 bridgehead atoms. The van der Waals surface area contributed by atoms with Crippen molar-refractivity contribution < 1.29 is 14.0 Å². The molecule has 0 radical (unpaired) electrons. The number of ketones is 1. The maximum atomic E-state index is 12.4. The Morgan fingerprint density at radius 2 is 2.08 bits per heavy atom. The van der Waals surface area contributed by atoms with Crippen LogP contribution in [0.25, 0.3) is 0 Å². The fourth-order valence-electron chi connectivity index (χ4n) is 3.48. The van der Waals surface area contributed by atoms with Gasteiger partial charge in [-0.3, -0.25) is 9.59 Å². The van der Waals surface area contributed by atoms with Gasteiger partial charge in [-0.15, -0.1) is 0 Å². The number of nitrogens with one attached hydrogen (secondary N) is 2. The standard InChI is InChI=1S/C18H19N3O3S/c1-10(22)16-9-24-18(21-16)25-13-5-2-11(3-6-13)17(23)20-15-8-12-4-7-14(15)19-12/h2-3,5-6,9,12,14-15,19H,4,7-8H2,1H3,(H,20,23)/t12-,14+,15-/m1/s1. The topological polar surface area (TPSA) is 84.2 Å². The molecule has 0 aliphatic carbocycles. The van der Waals surface area contributed by atoms with E-state index >= 15 is 0 Å². The minimum Gasteiger partial charge on any atom is -0.439 e. The van der Waals surface area contributed by atoms with Gasteiger partial charge in [-0.25, -0.2) is 4.98 Å². The SMILES string of the molecule is CC(=O)c1coc(Sc2ccc(C(=O)N[C@@H]3C[C@H]4CC[C@@H]3N4)cc2)n1. The molecule has 3 heterocycles. The summed E-state index contributed by atoms with van der Waals surface area (Å²) in [6, 6.07) is 8.53. The van der Waals surface area contributed by atoms with Gasteiger partial charge in [0, 0.05) is 35.5 Å².